The topological polar surface area (TPSA) is 112 Å². The first kappa shape index (κ1) is 32.9. The molecule has 0 saturated carbocycles. The van der Waals surface area contributed by atoms with Crippen molar-refractivity contribution in [2.45, 2.75) is 77.2 Å². The van der Waals surface area contributed by atoms with E-state index in [1.165, 1.54) is 30.2 Å². The van der Waals surface area contributed by atoms with E-state index in [0.717, 1.165) is 11.6 Å². The van der Waals surface area contributed by atoms with Crippen molar-refractivity contribution in [3.63, 3.8) is 0 Å². The van der Waals surface area contributed by atoms with Gasteiger partial charge in [0, 0.05) is 39.9 Å². The fourth-order valence-electron chi connectivity index (χ4n) is 5.07. The van der Waals surface area contributed by atoms with Gasteiger partial charge in [0.1, 0.15) is 11.0 Å². The summed E-state index contributed by atoms with van der Waals surface area (Å²) < 4.78 is 21.6. The van der Waals surface area contributed by atoms with Crippen molar-refractivity contribution in [2.75, 3.05) is 38.8 Å². The maximum atomic E-state index is 13.3. The highest BCUT2D eigenvalue weighted by Gasteiger charge is 2.54. The molecule has 1 aromatic carbocycles. The van der Waals surface area contributed by atoms with Gasteiger partial charge in [0.15, 0.2) is 0 Å². The molecule has 1 atom stereocenters. The molecule has 0 aromatic heterocycles. The lowest BCUT2D eigenvalue weighted by atomic mass is 9.71. The summed E-state index contributed by atoms with van der Waals surface area (Å²) in [5.41, 5.74) is 1.09. The van der Waals surface area contributed by atoms with Crippen LogP contribution in [0.3, 0.4) is 0 Å². The summed E-state index contributed by atoms with van der Waals surface area (Å²) in [6, 6.07) is 6.27. The lowest BCUT2D eigenvalue weighted by Crippen LogP contribution is -2.45. The second kappa shape index (κ2) is 12.7. The van der Waals surface area contributed by atoms with E-state index in [1.54, 1.807) is 39.8 Å². The van der Waals surface area contributed by atoms with Crippen molar-refractivity contribution >= 4 is 43.5 Å². The third kappa shape index (κ3) is 7.42. The molecule has 0 radical (unpaired) electrons. The summed E-state index contributed by atoms with van der Waals surface area (Å²) in [4.78, 5) is 55.0. The standard InChI is InChI=1S/C31H44N2O8Si/c1-10-39-26(34)22(19-32(5)28(36)40-16-17-42(7,8)9)18-21-14-15-31(27(35)38-6)20-33(29(37)41-30(2,3)4)24-13-11-12-23(21)25(24)31/h11-14,19H,10,15-18,20H2,1-9H3/b22-19+. The summed E-state index contributed by atoms with van der Waals surface area (Å²) in [6.45, 7) is 14.2. The van der Waals surface area contributed by atoms with Gasteiger partial charge in [-0.3, -0.25) is 14.6 Å². The van der Waals surface area contributed by atoms with Gasteiger partial charge in [-0.15, -0.1) is 0 Å². The summed E-state index contributed by atoms with van der Waals surface area (Å²) in [5.74, 6) is -1.02. The van der Waals surface area contributed by atoms with Crippen LogP contribution in [0.4, 0.5) is 15.3 Å². The number of carbonyl (C=O) groups is 4. The van der Waals surface area contributed by atoms with Gasteiger partial charge in [-0.1, -0.05) is 37.8 Å². The fraction of sp³-hybridized carbons (Fsp3) is 0.548. The van der Waals surface area contributed by atoms with Gasteiger partial charge < -0.3 is 18.9 Å². The Labute approximate surface area is 249 Å². The van der Waals surface area contributed by atoms with E-state index in [0.29, 0.717) is 23.4 Å². The number of hydrogen-bond donors (Lipinski definition) is 0. The zero-order chi connectivity index (χ0) is 31.5. The van der Waals surface area contributed by atoms with Gasteiger partial charge in [0.05, 0.1) is 31.6 Å². The normalized spacial score (nSPS) is 18.1. The van der Waals surface area contributed by atoms with Gasteiger partial charge >= 0.3 is 24.1 Å². The van der Waals surface area contributed by atoms with Gasteiger partial charge in [-0.25, -0.2) is 14.4 Å². The number of esters is 2. The predicted molar refractivity (Wildman–Crippen MR) is 163 cm³/mol. The molecule has 10 nitrogen and oxygen atoms in total. The van der Waals surface area contributed by atoms with Crippen molar-refractivity contribution in [3.05, 3.63) is 47.2 Å². The molecule has 1 unspecified atom stereocenters. The minimum absolute atomic E-state index is 0.0668. The van der Waals surface area contributed by atoms with Crippen LogP contribution in [0.1, 0.15) is 51.7 Å². The summed E-state index contributed by atoms with van der Waals surface area (Å²) in [6.07, 6.45) is 2.59. The quantitative estimate of drug-likeness (QED) is 0.149. The highest BCUT2D eigenvalue weighted by atomic mass is 28.3. The largest absolute Gasteiger partial charge is 0.468 e. The zero-order valence-electron chi connectivity index (χ0n) is 26.3. The molecule has 230 valence electrons. The van der Waals surface area contributed by atoms with Crippen molar-refractivity contribution in [2.24, 2.45) is 0 Å². The van der Waals surface area contributed by atoms with Gasteiger partial charge in [-0.05, 0) is 57.4 Å². The fourth-order valence-corrected chi connectivity index (χ4v) is 5.78. The second-order valence-electron chi connectivity index (χ2n) is 12.9. The lowest BCUT2D eigenvalue weighted by Gasteiger charge is -2.32. The molecule has 1 aromatic rings. The molecule has 42 heavy (non-hydrogen) atoms. The first-order valence-electron chi connectivity index (χ1n) is 14.2. The first-order valence-corrected chi connectivity index (χ1v) is 17.9. The molecule has 0 fully saturated rings. The number of ether oxygens (including phenoxy) is 4. The molecule has 2 amide bonds. The molecule has 1 aliphatic carbocycles. The average Bonchev–Trinajstić information content (AvgIpc) is 3.24. The molecule has 2 aliphatic rings. The Kier molecular flexibility index (Phi) is 9.97. The third-order valence-electron chi connectivity index (χ3n) is 7.11. The van der Waals surface area contributed by atoms with Crippen LogP contribution in [0.15, 0.2) is 36.0 Å². The monoisotopic (exact) mass is 600 g/mol. The smallest absolute Gasteiger partial charge is 0.414 e. The van der Waals surface area contributed by atoms with E-state index in [9.17, 15) is 19.2 Å². The average molecular weight is 601 g/mol. The van der Waals surface area contributed by atoms with Crippen molar-refractivity contribution in [3.8, 4) is 0 Å². The summed E-state index contributed by atoms with van der Waals surface area (Å²) in [5, 5.41) is 0. The Bertz CT molecular complexity index is 1290. The number of rotatable bonds is 9. The summed E-state index contributed by atoms with van der Waals surface area (Å²) in [7, 11) is 1.48. The maximum absolute atomic E-state index is 13.3. The molecular weight excluding hydrogens is 556 g/mol. The molecule has 1 aliphatic heterocycles. The Balaban J connectivity index is 1.99. The number of amides is 2. The molecule has 0 spiro atoms. The Morgan fingerprint density at radius 1 is 1.12 bits per heavy atom. The van der Waals surface area contributed by atoms with Gasteiger partial charge in [0.2, 0.25) is 0 Å². The van der Waals surface area contributed by atoms with Crippen LogP contribution in [0.2, 0.25) is 25.7 Å². The number of benzene rings is 1. The van der Waals surface area contributed by atoms with Crippen LogP contribution in [0.5, 0.6) is 0 Å². The first-order chi connectivity index (χ1) is 19.5. The second-order valence-corrected chi connectivity index (χ2v) is 18.5. The number of methoxy groups -OCH3 is 1. The van der Waals surface area contributed by atoms with Crippen LogP contribution in [-0.4, -0.2) is 76.6 Å². The minimum Gasteiger partial charge on any atom is -0.468 e. The molecule has 1 heterocycles. The molecule has 11 heteroatoms. The Hall–Kier alpha value is -3.60. The van der Waals surface area contributed by atoms with Crippen LogP contribution < -0.4 is 4.90 Å². The van der Waals surface area contributed by atoms with E-state index in [2.05, 4.69) is 19.6 Å². The Morgan fingerprint density at radius 2 is 1.81 bits per heavy atom. The van der Waals surface area contributed by atoms with E-state index in [1.807, 2.05) is 12.1 Å². The lowest BCUT2D eigenvalue weighted by molar-refractivity contribution is -0.147. The number of nitrogens with zero attached hydrogens (tertiary/aromatic N) is 2. The van der Waals surface area contributed by atoms with E-state index in [4.69, 9.17) is 18.9 Å². The minimum atomic E-state index is -1.39. The van der Waals surface area contributed by atoms with Crippen molar-refractivity contribution in [1.82, 2.24) is 4.90 Å². The zero-order valence-corrected chi connectivity index (χ0v) is 27.3. The number of hydrogen-bond acceptors (Lipinski definition) is 8. The van der Waals surface area contributed by atoms with E-state index in [-0.39, 0.29) is 31.6 Å². The summed E-state index contributed by atoms with van der Waals surface area (Å²) >= 11 is 0. The van der Waals surface area contributed by atoms with Gasteiger partial charge in [0.25, 0.3) is 0 Å². The molecule has 0 N–H and O–H groups in total. The van der Waals surface area contributed by atoms with E-state index < -0.39 is 43.2 Å². The van der Waals surface area contributed by atoms with Crippen LogP contribution in [0, 0.1) is 0 Å². The predicted octanol–water partition coefficient (Wildman–Crippen LogP) is 5.88. The van der Waals surface area contributed by atoms with Crippen molar-refractivity contribution in [1.29, 1.82) is 0 Å². The molecule has 3 rings (SSSR count). The maximum Gasteiger partial charge on any atom is 0.414 e. The number of anilines is 1. The Morgan fingerprint density at radius 3 is 2.40 bits per heavy atom. The van der Waals surface area contributed by atoms with Crippen LogP contribution in [-0.2, 0) is 34.0 Å². The number of allylic oxidation sites excluding steroid dienone is 2. The number of carbonyl (C=O) groups excluding carboxylic acids is 4. The third-order valence-corrected chi connectivity index (χ3v) is 8.81. The molecule has 0 saturated heterocycles. The molecule has 0 bridgehead atoms. The highest BCUT2D eigenvalue weighted by Crippen LogP contribution is 2.51. The van der Waals surface area contributed by atoms with Crippen LogP contribution in [0.25, 0.3) is 5.57 Å². The van der Waals surface area contributed by atoms with E-state index >= 15 is 0 Å². The van der Waals surface area contributed by atoms with Crippen molar-refractivity contribution < 1.29 is 38.1 Å². The SMILES string of the molecule is CCOC(=O)/C(=C/N(C)C(=O)OCC[Si](C)(C)C)CC1=CCC2(C(=O)OC)CN(C(=O)OC(C)(C)C)c3cccc1c32. The van der Waals surface area contributed by atoms with Gasteiger partial charge in [-0.2, -0.15) is 0 Å². The molecular formula is C31H44N2O8Si. The highest BCUT2D eigenvalue weighted by molar-refractivity contribution is 6.76. The van der Waals surface area contributed by atoms with Crippen LogP contribution >= 0.6 is 0 Å².